The summed E-state index contributed by atoms with van der Waals surface area (Å²) in [5, 5.41) is 2.96. The van der Waals surface area contributed by atoms with Crippen LogP contribution in [0.4, 0.5) is 14.6 Å². The standard InChI is InChI=1S/C22H24ClF2N3O3/c1-12(2)20(29)27-19-16-10-28(21(30)15(16)7-8-26-19)13(3)14-5-6-18(17(23)9-14)31-11-22(4,24)25/h5-9,12-13H,10-11H2,1-4H3,(H,26,27,29). The fraction of sp³-hybridized carbons (Fsp3) is 0.409. The van der Waals surface area contributed by atoms with Crippen LogP contribution in [-0.4, -0.2) is 34.2 Å². The van der Waals surface area contributed by atoms with E-state index in [1.54, 1.807) is 36.9 Å². The van der Waals surface area contributed by atoms with Crippen LogP contribution in [0.2, 0.25) is 5.02 Å². The fourth-order valence-electron chi connectivity index (χ4n) is 3.21. The summed E-state index contributed by atoms with van der Waals surface area (Å²) in [4.78, 5) is 31.0. The van der Waals surface area contributed by atoms with E-state index in [4.69, 9.17) is 16.3 Å². The van der Waals surface area contributed by atoms with Gasteiger partial charge >= 0.3 is 0 Å². The number of pyridine rings is 1. The molecular formula is C22H24ClF2N3O3. The second-order valence-electron chi connectivity index (χ2n) is 7.99. The molecule has 3 rings (SSSR count). The predicted octanol–water partition coefficient (Wildman–Crippen LogP) is 5.08. The van der Waals surface area contributed by atoms with E-state index in [1.807, 2.05) is 6.92 Å². The van der Waals surface area contributed by atoms with Gasteiger partial charge in [-0.1, -0.05) is 31.5 Å². The van der Waals surface area contributed by atoms with Gasteiger partial charge in [-0.25, -0.2) is 13.8 Å². The molecule has 0 radical (unpaired) electrons. The Morgan fingerprint density at radius 2 is 2.03 bits per heavy atom. The lowest BCUT2D eigenvalue weighted by Crippen LogP contribution is -2.27. The average Bonchev–Trinajstić information content (AvgIpc) is 3.03. The Balaban J connectivity index is 1.80. The van der Waals surface area contributed by atoms with Gasteiger partial charge in [0, 0.05) is 30.2 Å². The number of amides is 2. The van der Waals surface area contributed by atoms with Crippen molar-refractivity contribution in [3.63, 3.8) is 0 Å². The Kier molecular flexibility index (Phi) is 6.50. The van der Waals surface area contributed by atoms with Gasteiger partial charge in [0.2, 0.25) is 5.91 Å². The molecular weight excluding hydrogens is 428 g/mol. The zero-order valence-corrected chi connectivity index (χ0v) is 18.5. The van der Waals surface area contributed by atoms with Gasteiger partial charge in [-0.15, -0.1) is 0 Å². The summed E-state index contributed by atoms with van der Waals surface area (Å²) in [6, 6.07) is 6.09. The molecule has 1 unspecified atom stereocenters. The van der Waals surface area contributed by atoms with Crippen LogP contribution in [0.3, 0.4) is 0 Å². The van der Waals surface area contributed by atoms with E-state index in [-0.39, 0.29) is 41.1 Å². The number of hydrogen-bond acceptors (Lipinski definition) is 4. The predicted molar refractivity (Wildman–Crippen MR) is 114 cm³/mol. The molecule has 1 aromatic heterocycles. The first-order valence-corrected chi connectivity index (χ1v) is 10.3. The van der Waals surface area contributed by atoms with Crippen molar-refractivity contribution >= 4 is 29.2 Å². The molecule has 1 aliphatic rings. The third-order valence-corrected chi connectivity index (χ3v) is 5.32. The highest BCUT2D eigenvalue weighted by molar-refractivity contribution is 6.32. The van der Waals surface area contributed by atoms with E-state index in [0.29, 0.717) is 16.9 Å². The number of benzene rings is 1. The van der Waals surface area contributed by atoms with E-state index in [1.165, 1.54) is 12.3 Å². The molecule has 1 aromatic carbocycles. The number of nitrogens with one attached hydrogen (secondary N) is 1. The van der Waals surface area contributed by atoms with Gasteiger partial charge in [-0.3, -0.25) is 9.59 Å². The number of fused-ring (bicyclic) bond motifs is 1. The van der Waals surface area contributed by atoms with Crippen LogP contribution in [0, 0.1) is 5.92 Å². The van der Waals surface area contributed by atoms with Crippen LogP contribution < -0.4 is 10.1 Å². The Bertz CT molecular complexity index is 1010. The number of anilines is 1. The first kappa shape index (κ1) is 22.9. The molecule has 2 amide bonds. The monoisotopic (exact) mass is 451 g/mol. The van der Waals surface area contributed by atoms with E-state index in [2.05, 4.69) is 10.3 Å². The first-order chi connectivity index (χ1) is 14.5. The summed E-state index contributed by atoms with van der Waals surface area (Å²) in [6.45, 7) is 5.65. The molecule has 31 heavy (non-hydrogen) atoms. The van der Waals surface area contributed by atoms with Crippen LogP contribution in [0.5, 0.6) is 5.75 Å². The van der Waals surface area contributed by atoms with Crippen molar-refractivity contribution in [2.24, 2.45) is 5.92 Å². The van der Waals surface area contributed by atoms with Crippen molar-refractivity contribution in [3.05, 3.63) is 52.2 Å². The van der Waals surface area contributed by atoms with Gasteiger partial charge in [0.15, 0.2) is 6.61 Å². The molecule has 166 valence electrons. The maximum absolute atomic E-state index is 13.0. The maximum Gasteiger partial charge on any atom is 0.278 e. The summed E-state index contributed by atoms with van der Waals surface area (Å²) in [5.74, 6) is -3.04. The number of carbonyl (C=O) groups excluding carboxylic acids is 2. The normalized spacial score (nSPS) is 14.6. The average molecular weight is 452 g/mol. The molecule has 2 aromatic rings. The van der Waals surface area contributed by atoms with Crippen molar-refractivity contribution in [2.45, 2.75) is 46.2 Å². The number of halogens is 3. The van der Waals surface area contributed by atoms with Crippen molar-refractivity contribution in [2.75, 3.05) is 11.9 Å². The molecule has 6 nitrogen and oxygen atoms in total. The second-order valence-corrected chi connectivity index (χ2v) is 8.39. The number of carbonyl (C=O) groups is 2. The van der Waals surface area contributed by atoms with E-state index in [9.17, 15) is 18.4 Å². The van der Waals surface area contributed by atoms with E-state index < -0.39 is 12.5 Å². The highest BCUT2D eigenvalue weighted by atomic mass is 35.5. The summed E-state index contributed by atoms with van der Waals surface area (Å²) < 4.78 is 31.2. The highest BCUT2D eigenvalue weighted by Gasteiger charge is 2.34. The molecule has 0 bridgehead atoms. The molecule has 9 heteroatoms. The van der Waals surface area contributed by atoms with Gasteiger partial charge < -0.3 is 15.0 Å². The topological polar surface area (TPSA) is 71.5 Å². The molecule has 1 atom stereocenters. The summed E-state index contributed by atoms with van der Waals surface area (Å²) in [7, 11) is 0. The number of aromatic nitrogens is 1. The minimum atomic E-state index is -2.97. The Morgan fingerprint density at radius 1 is 1.32 bits per heavy atom. The van der Waals surface area contributed by atoms with E-state index >= 15 is 0 Å². The van der Waals surface area contributed by atoms with Crippen molar-refractivity contribution in [1.82, 2.24) is 9.88 Å². The number of nitrogens with zero attached hydrogens (tertiary/aromatic N) is 2. The largest absolute Gasteiger partial charge is 0.486 e. The van der Waals surface area contributed by atoms with Gasteiger partial charge in [0.25, 0.3) is 11.8 Å². The lowest BCUT2D eigenvalue weighted by atomic mass is 10.1. The van der Waals surface area contributed by atoms with Crippen LogP contribution in [-0.2, 0) is 11.3 Å². The van der Waals surface area contributed by atoms with Crippen LogP contribution in [0.1, 0.15) is 55.2 Å². The fourth-order valence-corrected chi connectivity index (χ4v) is 3.45. The minimum absolute atomic E-state index is 0.151. The Morgan fingerprint density at radius 3 is 2.65 bits per heavy atom. The summed E-state index contributed by atoms with van der Waals surface area (Å²) in [6.07, 6.45) is 1.49. The number of rotatable bonds is 7. The molecule has 0 saturated carbocycles. The number of ether oxygens (including phenoxy) is 1. The van der Waals surface area contributed by atoms with E-state index in [0.717, 1.165) is 12.5 Å². The van der Waals surface area contributed by atoms with Crippen LogP contribution in [0.15, 0.2) is 30.5 Å². The molecule has 1 N–H and O–H groups in total. The molecule has 0 aliphatic carbocycles. The maximum atomic E-state index is 13.0. The van der Waals surface area contributed by atoms with Crippen molar-refractivity contribution in [3.8, 4) is 5.75 Å². The van der Waals surface area contributed by atoms with Gasteiger partial charge in [0.05, 0.1) is 17.6 Å². The molecule has 0 fully saturated rings. The van der Waals surface area contributed by atoms with Gasteiger partial charge in [0.1, 0.15) is 11.6 Å². The molecule has 1 aliphatic heterocycles. The van der Waals surface area contributed by atoms with Crippen LogP contribution >= 0.6 is 11.6 Å². The highest BCUT2D eigenvalue weighted by Crippen LogP contribution is 2.36. The SMILES string of the molecule is CC(C)C(=O)Nc1nccc2c1CN(C(C)c1ccc(OCC(C)(F)F)c(Cl)c1)C2=O. The summed E-state index contributed by atoms with van der Waals surface area (Å²) in [5.41, 5.74) is 1.87. The number of hydrogen-bond donors (Lipinski definition) is 1. The second kappa shape index (κ2) is 8.78. The lowest BCUT2D eigenvalue weighted by molar-refractivity contribution is -0.118. The van der Waals surface area contributed by atoms with Crippen LogP contribution in [0.25, 0.3) is 0 Å². The quantitative estimate of drug-likeness (QED) is 0.637. The third-order valence-electron chi connectivity index (χ3n) is 5.03. The third kappa shape index (κ3) is 5.12. The summed E-state index contributed by atoms with van der Waals surface area (Å²) >= 11 is 6.22. The smallest absolute Gasteiger partial charge is 0.278 e. The number of alkyl halides is 2. The van der Waals surface area contributed by atoms with Gasteiger partial charge in [-0.2, -0.15) is 0 Å². The zero-order chi connectivity index (χ0) is 22.9. The van der Waals surface area contributed by atoms with Crippen molar-refractivity contribution < 1.29 is 23.1 Å². The lowest BCUT2D eigenvalue weighted by Gasteiger charge is -2.25. The molecule has 2 heterocycles. The zero-order valence-electron chi connectivity index (χ0n) is 17.7. The minimum Gasteiger partial charge on any atom is -0.486 e. The van der Waals surface area contributed by atoms with Gasteiger partial charge in [-0.05, 0) is 30.7 Å². The molecule has 0 spiro atoms. The molecule has 0 saturated heterocycles. The van der Waals surface area contributed by atoms with Crippen molar-refractivity contribution in [1.29, 1.82) is 0 Å². The first-order valence-electron chi connectivity index (χ1n) is 9.87. The Hall–Kier alpha value is -2.74. The Labute approximate surface area is 184 Å².